The van der Waals surface area contributed by atoms with Gasteiger partial charge in [-0.3, -0.25) is 0 Å². The molecule has 0 spiro atoms. The molecule has 2 aliphatic heterocycles. The van der Waals surface area contributed by atoms with Crippen molar-refractivity contribution in [2.24, 2.45) is 0 Å². The third-order valence-electron chi connectivity index (χ3n) is 3.60. The van der Waals surface area contributed by atoms with E-state index in [0.717, 1.165) is 13.0 Å². The van der Waals surface area contributed by atoms with Gasteiger partial charge in [0.2, 0.25) is 0 Å². The van der Waals surface area contributed by atoms with E-state index in [-0.39, 0.29) is 6.09 Å². The Hall–Kier alpha value is -0.770. The fourth-order valence-corrected chi connectivity index (χ4v) is 2.92. The number of carbonyl (C=O) groups is 1. The Labute approximate surface area is 104 Å². The number of rotatable bonds is 1. The van der Waals surface area contributed by atoms with E-state index >= 15 is 0 Å². The van der Waals surface area contributed by atoms with Crippen molar-refractivity contribution in [3.05, 3.63) is 0 Å². The lowest BCUT2D eigenvalue weighted by atomic mass is 10.0. The molecule has 0 radical (unpaired) electrons. The zero-order valence-electron chi connectivity index (χ0n) is 11.3. The molecule has 4 nitrogen and oxygen atoms in total. The number of hydrogen-bond acceptors (Lipinski definition) is 3. The molecule has 0 aromatic carbocycles. The van der Waals surface area contributed by atoms with Crippen LogP contribution in [0.2, 0.25) is 0 Å². The molecule has 4 heteroatoms. The second-order valence-corrected chi connectivity index (χ2v) is 6.16. The molecule has 3 atom stereocenters. The van der Waals surface area contributed by atoms with Crippen LogP contribution in [0.25, 0.3) is 0 Å². The van der Waals surface area contributed by atoms with Crippen LogP contribution in [0.4, 0.5) is 4.79 Å². The highest BCUT2D eigenvalue weighted by molar-refractivity contribution is 5.69. The Bertz CT molecular complexity index is 298. The molecule has 3 unspecified atom stereocenters. The predicted octanol–water partition coefficient (Wildman–Crippen LogP) is 2.14. The second kappa shape index (κ2) is 4.48. The van der Waals surface area contributed by atoms with Crippen molar-refractivity contribution in [3.8, 4) is 0 Å². The van der Waals surface area contributed by atoms with Gasteiger partial charge in [0.05, 0.1) is 6.04 Å². The maximum Gasteiger partial charge on any atom is 0.410 e. The molecule has 2 heterocycles. The highest BCUT2D eigenvalue weighted by Gasteiger charge is 2.42. The zero-order valence-corrected chi connectivity index (χ0v) is 11.3. The summed E-state index contributed by atoms with van der Waals surface area (Å²) in [6, 6.07) is 1.23. The summed E-state index contributed by atoms with van der Waals surface area (Å²) in [5.74, 6) is 0. The molecule has 2 fully saturated rings. The zero-order chi connectivity index (χ0) is 12.6. The number of piperazine rings is 1. The Kier molecular flexibility index (Phi) is 3.34. The van der Waals surface area contributed by atoms with Crippen LogP contribution in [0, 0.1) is 0 Å². The van der Waals surface area contributed by atoms with Gasteiger partial charge >= 0.3 is 6.09 Å². The Morgan fingerprint density at radius 2 is 2.12 bits per heavy atom. The number of ether oxygens (including phenoxy) is 1. The first-order valence-corrected chi connectivity index (χ1v) is 6.66. The summed E-state index contributed by atoms with van der Waals surface area (Å²) >= 11 is 0. The maximum atomic E-state index is 12.2. The molecule has 0 aromatic rings. The Morgan fingerprint density at radius 1 is 1.41 bits per heavy atom. The fraction of sp³-hybridized carbons (Fsp3) is 0.923. The molecular formula is C13H24N2O2. The maximum absolute atomic E-state index is 12.2. The van der Waals surface area contributed by atoms with Crippen LogP contribution in [0.1, 0.15) is 47.0 Å². The smallest absolute Gasteiger partial charge is 0.410 e. The molecule has 98 valence electrons. The molecule has 1 amide bonds. The van der Waals surface area contributed by atoms with E-state index in [1.54, 1.807) is 0 Å². The minimum atomic E-state index is -0.403. The SMILES string of the molecule is CCC1C2CCC(CN1C(=O)OC(C)(C)C)N2. The average molecular weight is 240 g/mol. The lowest BCUT2D eigenvalue weighted by Gasteiger charge is -2.41. The van der Waals surface area contributed by atoms with Crippen LogP contribution in [-0.4, -0.2) is 41.3 Å². The van der Waals surface area contributed by atoms with Gasteiger partial charge < -0.3 is 15.0 Å². The monoisotopic (exact) mass is 240 g/mol. The summed E-state index contributed by atoms with van der Waals surface area (Å²) in [6.45, 7) is 8.69. The third-order valence-corrected chi connectivity index (χ3v) is 3.60. The number of amides is 1. The van der Waals surface area contributed by atoms with Gasteiger partial charge in [0.25, 0.3) is 0 Å². The number of likely N-dealkylation sites (tertiary alicyclic amines) is 1. The Balaban J connectivity index is 2.06. The highest BCUT2D eigenvalue weighted by atomic mass is 16.6. The summed E-state index contributed by atoms with van der Waals surface area (Å²) in [4.78, 5) is 14.1. The standard InChI is InChI=1S/C13H24N2O2/c1-5-11-10-7-6-9(14-10)8-15(11)12(16)17-13(2,3)4/h9-11,14H,5-8H2,1-4H3. The van der Waals surface area contributed by atoms with E-state index in [2.05, 4.69) is 12.2 Å². The predicted molar refractivity (Wildman–Crippen MR) is 67.0 cm³/mol. The van der Waals surface area contributed by atoms with E-state index < -0.39 is 5.60 Å². The first-order valence-electron chi connectivity index (χ1n) is 6.66. The lowest BCUT2D eigenvalue weighted by molar-refractivity contribution is 0.00494. The number of nitrogens with one attached hydrogen (secondary N) is 1. The normalized spacial score (nSPS) is 32.7. The van der Waals surface area contributed by atoms with Crippen LogP contribution >= 0.6 is 0 Å². The van der Waals surface area contributed by atoms with Gasteiger partial charge in [0.15, 0.2) is 0 Å². The van der Waals surface area contributed by atoms with Crippen molar-refractivity contribution in [2.45, 2.75) is 70.7 Å². The summed E-state index contributed by atoms with van der Waals surface area (Å²) in [5, 5.41) is 3.59. The van der Waals surface area contributed by atoms with Crippen molar-refractivity contribution < 1.29 is 9.53 Å². The average Bonchev–Trinajstić information content (AvgIpc) is 2.58. The van der Waals surface area contributed by atoms with E-state index in [9.17, 15) is 4.79 Å². The van der Waals surface area contributed by atoms with E-state index in [1.165, 1.54) is 12.8 Å². The molecule has 1 N–H and O–H groups in total. The van der Waals surface area contributed by atoms with Crippen LogP contribution in [0.15, 0.2) is 0 Å². The second-order valence-electron chi connectivity index (χ2n) is 6.16. The van der Waals surface area contributed by atoms with Crippen LogP contribution in [-0.2, 0) is 4.74 Å². The molecule has 2 saturated heterocycles. The van der Waals surface area contributed by atoms with Crippen molar-refractivity contribution >= 4 is 6.09 Å². The minimum Gasteiger partial charge on any atom is -0.444 e. The largest absolute Gasteiger partial charge is 0.444 e. The quantitative estimate of drug-likeness (QED) is 0.763. The van der Waals surface area contributed by atoms with Crippen LogP contribution in [0.3, 0.4) is 0 Å². The van der Waals surface area contributed by atoms with Gasteiger partial charge in [-0.05, 0) is 40.0 Å². The summed E-state index contributed by atoms with van der Waals surface area (Å²) < 4.78 is 5.49. The molecule has 0 aliphatic carbocycles. The molecule has 17 heavy (non-hydrogen) atoms. The van der Waals surface area contributed by atoms with Crippen molar-refractivity contribution in [2.75, 3.05) is 6.54 Å². The van der Waals surface area contributed by atoms with Crippen molar-refractivity contribution in [3.63, 3.8) is 0 Å². The molecule has 2 aliphatic rings. The number of fused-ring (bicyclic) bond motifs is 2. The topological polar surface area (TPSA) is 41.6 Å². The number of carbonyl (C=O) groups excluding carboxylic acids is 1. The van der Waals surface area contributed by atoms with Gasteiger partial charge in [-0.15, -0.1) is 0 Å². The van der Waals surface area contributed by atoms with Crippen molar-refractivity contribution in [1.29, 1.82) is 0 Å². The van der Waals surface area contributed by atoms with E-state index in [1.807, 2.05) is 25.7 Å². The third kappa shape index (κ3) is 2.73. The number of hydrogen-bond donors (Lipinski definition) is 1. The van der Waals surface area contributed by atoms with Crippen LogP contribution < -0.4 is 5.32 Å². The highest BCUT2D eigenvalue weighted by Crippen LogP contribution is 2.28. The summed E-state index contributed by atoms with van der Waals surface area (Å²) in [7, 11) is 0. The molecular weight excluding hydrogens is 216 g/mol. The molecule has 0 aromatic heterocycles. The first-order chi connectivity index (χ1) is 7.90. The fourth-order valence-electron chi connectivity index (χ4n) is 2.92. The summed E-state index contributed by atoms with van der Waals surface area (Å²) in [5.41, 5.74) is -0.403. The van der Waals surface area contributed by atoms with Crippen LogP contribution in [0.5, 0.6) is 0 Å². The molecule has 2 bridgehead atoms. The molecule has 0 saturated carbocycles. The van der Waals surface area contributed by atoms with Gasteiger partial charge in [-0.25, -0.2) is 4.79 Å². The molecule has 2 rings (SSSR count). The minimum absolute atomic E-state index is 0.150. The van der Waals surface area contributed by atoms with Gasteiger partial charge in [-0.2, -0.15) is 0 Å². The lowest BCUT2D eigenvalue weighted by Crippen LogP contribution is -2.59. The Morgan fingerprint density at radius 3 is 2.71 bits per heavy atom. The van der Waals surface area contributed by atoms with E-state index in [0.29, 0.717) is 18.1 Å². The first kappa shape index (κ1) is 12.7. The van der Waals surface area contributed by atoms with Gasteiger partial charge in [0.1, 0.15) is 5.60 Å². The van der Waals surface area contributed by atoms with E-state index in [4.69, 9.17) is 4.74 Å². The van der Waals surface area contributed by atoms with Gasteiger partial charge in [0, 0.05) is 18.6 Å². The van der Waals surface area contributed by atoms with Gasteiger partial charge in [-0.1, -0.05) is 6.92 Å². The van der Waals surface area contributed by atoms with Crippen molar-refractivity contribution in [1.82, 2.24) is 10.2 Å². The summed E-state index contributed by atoms with van der Waals surface area (Å²) in [6.07, 6.45) is 3.20. The number of nitrogens with zero attached hydrogens (tertiary/aromatic N) is 1.